The van der Waals surface area contributed by atoms with Crippen LogP contribution in [0, 0.1) is 0 Å². The van der Waals surface area contributed by atoms with E-state index >= 15 is 0 Å². The third kappa shape index (κ3) is 3.78. The van der Waals surface area contributed by atoms with Gasteiger partial charge in [-0.3, -0.25) is 9.52 Å². The molecule has 1 aromatic heterocycles. The summed E-state index contributed by atoms with van der Waals surface area (Å²) in [5, 5.41) is 0. The van der Waals surface area contributed by atoms with Crippen molar-refractivity contribution >= 4 is 15.7 Å². The number of H-pyrrole nitrogens is 1. The molecule has 0 aliphatic rings. The lowest BCUT2D eigenvalue weighted by atomic mass is 10.3. The van der Waals surface area contributed by atoms with Crippen LogP contribution in [-0.4, -0.2) is 20.0 Å². The third-order valence-electron chi connectivity index (χ3n) is 2.41. The lowest BCUT2D eigenvalue weighted by molar-refractivity contribution is -0.0493. The van der Waals surface area contributed by atoms with Gasteiger partial charge in [-0.05, 0) is 18.2 Å². The van der Waals surface area contributed by atoms with Crippen molar-refractivity contribution in [3.05, 3.63) is 52.9 Å². The molecule has 1 heterocycles. The van der Waals surface area contributed by atoms with Crippen LogP contribution in [0.4, 0.5) is 14.5 Å². The van der Waals surface area contributed by atoms with Crippen LogP contribution >= 0.6 is 0 Å². The summed E-state index contributed by atoms with van der Waals surface area (Å²) >= 11 is 0. The summed E-state index contributed by atoms with van der Waals surface area (Å²) in [6, 6.07) is 7.50. The molecular formula is C12H10F2N2O4S. The zero-order valence-corrected chi connectivity index (χ0v) is 11.2. The summed E-state index contributed by atoms with van der Waals surface area (Å²) in [5.41, 5.74) is -0.598. The number of para-hydroxylation sites is 2. The Morgan fingerprint density at radius 1 is 1.14 bits per heavy atom. The highest BCUT2D eigenvalue weighted by molar-refractivity contribution is 7.92. The monoisotopic (exact) mass is 316 g/mol. The number of hydrogen-bond donors (Lipinski definition) is 2. The molecule has 0 bridgehead atoms. The molecular weight excluding hydrogens is 306 g/mol. The number of pyridine rings is 1. The van der Waals surface area contributed by atoms with E-state index in [1.807, 2.05) is 0 Å². The summed E-state index contributed by atoms with van der Waals surface area (Å²) in [6.45, 7) is -3.08. The fourth-order valence-electron chi connectivity index (χ4n) is 1.52. The van der Waals surface area contributed by atoms with Gasteiger partial charge in [0.2, 0.25) is 5.56 Å². The molecule has 1 aromatic carbocycles. The van der Waals surface area contributed by atoms with Gasteiger partial charge in [-0.2, -0.15) is 8.78 Å². The predicted molar refractivity (Wildman–Crippen MR) is 70.9 cm³/mol. The first-order valence-electron chi connectivity index (χ1n) is 5.64. The molecule has 112 valence electrons. The number of halogens is 2. The summed E-state index contributed by atoms with van der Waals surface area (Å²) in [7, 11) is -4.03. The van der Waals surface area contributed by atoms with Gasteiger partial charge in [0.25, 0.3) is 10.0 Å². The topological polar surface area (TPSA) is 88.3 Å². The average Bonchev–Trinajstić information content (AvgIpc) is 2.40. The lowest BCUT2D eigenvalue weighted by Gasteiger charge is -2.12. The maximum Gasteiger partial charge on any atom is 0.387 e. The fourth-order valence-corrected chi connectivity index (χ4v) is 2.55. The number of aromatic nitrogens is 1. The molecule has 0 saturated heterocycles. The number of rotatable bonds is 5. The van der Waals surface area contributed by atoms with Crippen LogP contribution in [0.2, 0.25) is 0 Å². The van der Waals surface area contributed by atoms with Gasteiger partial charge in [-0.1, -0.05) is 12.1 Å². The summed E-state index contributed by atoms with van der Waals surface area (Å²) in [4.78, 5) is 12.9. The lowest BCUT2D eigenvalue weighted by Crippen LogP contribution is -2.16. The molecule has 9 heteroatoms. The van der Waals surface area contributed by atoms with Crippen molar-refractivity contribution in [2.75, 3.05) is 4.72 Å². The number of ether oxygens (including phenoxy) is 1. The van der Waals surface area contributed by atoms with Crippen LogP contribution in [0.5, 0.6) is 5.75 Å². The number of sulfonamides is 1. The zero-order chi connectivity index (χ0) is 15.5. The first-order valence-corrected chi connectivity index (χ1v) is 7.12. The molecule has 2 rings (SSSR count). The second-order valence-electron chi connectivity index (χ2n) is 3.87. The van der Waals surface area contributed by atoms with Gasteiger partial charge in [-0.15, -0.1) is 0 Å². The summed E-state index contributed by atoms with van der Waals surface area (Å²) in [5.74, 6) is -0.305. The van der Waals surface area contributed by atoms with E-state index in [4.69, 9.17) is 0 Å². The van der Waals surface area contributed by atoms with Gasteiger partial charge in [0, 0.05) is 12.3 Å². The van der Waals surface area contributed by atoms with Gasteiger partial charge < -0.3 is 9.72 Å². The number of anilines is 1. The smallest absolute Gasteiger partial charge is 0.387 e. The Morgan fingerprint density at radius 2 is 1.86 bits per heavy atom. The highest BCUT2D eigenvalue weighted by Gasteiger charge is 2.17. The predicted octanol–water partition coefficient (Wildman–Crippen LogP) is 1.78. The van der Waals surface area contributed by atoms with Gasteiger partial charge in [0.15, 0.2) is 0 Å². The fraction of sp³-hybridized carbons (Fsp3) is 0.0833. The van der Waals surface area contributed by atoms with Gasteiger partial charge in [-0.25, -0.2) is 8.42 Å². The zero-order valence-electron chi connectivity index (χ0n) is 10.4. The number of aromatic amines is 1. The van der Waals surface area contributed by atoms with Gasteiger partial charge >= 0.3 is 6.61 Å². The molecule has 21 heavy (non-hydrogen) atoms. The normalized spacial score (nSPS) is 11.4. The first kappa shape index (κ1) is 15.0. The van der Waals surface area contributed by atoms with Crippen LogP contribution in [0.15, 0.2) is 52.3 Å². The minimum Gasteiger partial charge on any atom is -0.433 e. The molecule has 2 aromatic rings. The Labute approximate surface area is 118 Å². The minimum atomic E-state index is -4.03. The van der Waals surface area contributed by atoms with E-state index in [0.29, 0.717) is 0 Å². The van der Waals surface area contributed by atoms with Crippen molar-refractivity contribution in [1.29, 1.82) is 0 Å². The van der Waals surface area contributed by atoms with E-state index in [1.165, 1.54) is 24.3 Å². The second-order valence-corrected chi connectivity index (χ2v) is 5.55. The number of alkyl halides is 2. The van der Waals surface area contributed by atoms with E-state index < -0.39 is 22.2 Å². The Hall–Kier alpha value is -2.42. The minimum absolute atomic E-state index is 0.135. The average molecular weight is 316 g/mol. The van der Waals surface area contributed by atoms with Crippen LogP contribution in [-0.2, 0) is 10.0 Å². The maximum atomic E-state index is 12.3. The molecule has 0 aliphatic heterocycles. The Morgan fingerprint density at radius 3 is 2.48 bits per heavy atom. The van der Waals surface area contributed by atoms with Gasteiger partial charge in [0.1, 0.15) is 10.6 Å². The molecule has 0 spiro atoms. The van der Waals surface area contributed by atoms with Crippen molar-refractivity contribution in [2.24, 2.45) is 0 Å². The highest BCUT2D eigenvalue weighted by Crippen LogP contribution is 2.27. The Bertz CT molecular complexity index is 769. The third-order valence-corrected chi connectivity index (χ3v) is 3.78. The molecule has 0 unspecified atom stereocenters. The van der Waals surface area contributed by atoms with Crippen molar-refractivity contribution < 1.29 is 21.9 Å². The molecule has 2 N–H and O–H groups in total. The molecule has 0 radical (unpaired) electrons. The summed E-state index contributed by atoms with van der Waals surface area (Å²) < 4.78 is 55.0. The molecule has 0 fully saturated rings. The number of benzene rings is 1. The molecule has 6 nitrogen and oxygen atoms in total. The van der Waals surface area contributed by atoms with E-state index in [0.717, 1.165) is 18.3 Å². The Kier molecular flexibility index (Phi) is 4.22. The number of nitrogens with one attached hydrogen (secondary N) is 2. The van der Waals surface area contributed by atoms with Crippen molar-refractivity contribution in [1.82, 2.24) is 4.98 Å². The standard InChI is InChI=1S/C12H10F2N2O4S/c13-12(14)20-10-4-2-1-3-9(10)16-21(18,19)8-5-6-11(17)15-7-8/h1-7,12,16H,(H,15,17). The van der Waals surface area contributed by atoms with Crippen LogP contribution in [0.25, 0.3) is 0 Å². The van der Waals surface area contributed by atoms with E-state index in [-0.39, 0.29) is 16.3 Å². The molecule has 0 amide bonds. The SMILES string of the molecule is O=c1ccc(S(=O)(=O)Nc2ccccc2OC(F)F)c[nH]1. The van der Waals surface area contributed by atoms with Crippen molar-refractivity contribution in [2.45, 2.75) is 11.5 Å². The Balaban J connectivity index is 2.33. The van der Waals surface area contributed by atoms with E-state index in [9.17, 15) is 22.0 Å². The molecule has 0 saturated carbocycles. The van der Waals surface area contributed by atoms with Crippen LogP contribution in [0.3, 0.4) is 0 Å². The summed E-state index contributed by atoms with van der Waals surface area (Å²) in [6.07, 6.45) is 1.00. The highest BCUT2D eigenvalue weighted by atomic mass is 32.2. The quantitative estimate of drug-likeness (QED) is 0.880. The second kappa shape index (κ2) is 5.92. The van der Waals surface area contributed by atoms with Crippen LogP contribution in [0.1, 0.15) is 0 Å². The number of hydrogen-bond acceptors (Lipinski definition) is 4. The van der Waals surface area contributed by atoms with Crippen LogP contribution < -0.4 is 15.0 Å². The van der Waals surface area contributed by atoms with E-state index in [1.54, 1.807) is 0 Å². The molecule has 0 atom stereocenters. The van der Waals surface area contributed by atoms with Gasteiger partial charge in [0.05, 0.1) is 5.69 Å². The first-order chi connectivity index (χ1) is 9.88. The maximum absolute atomic E-state index is 12.3. The van der Waals surface area contributed by atoms with E-state index in [2.05, 4.69) is 14.4 Å². The van der Waals surface area contributed by atoms with Crippen molar-refractivity contribution in [3.63, 3.8) is 0 Å². The molecule has 0 aliphatic carbocycles. The largest absolute Gasteiger partial charge is 0.433 e. The van der Waals surface area contributed by atoms with Crippen molar-refractivity contribution in [3.8, 4) is 5.75 Å².